The van der Waals surface area contributed by atoms with Crippen molar-refractivity contribution in [3.8, 4) is 0 Å². The van der Waals surface area contributed by atoms with Gasteiger partial charge in [0.1, 0.15) is 0 Å². The van der Waals surface area contributed by atoms with Gasteiger partial charge >= 0.3 is 0 Å². The highest BCUT2D eigenvalue weighted by molar-refractivity contribution is 5.03. The largest absolute Gasteiger partial charge is 0.338 e. The Hall–Kier alpha value is -0.900. The molecule has 1 N–H and O–H groups in total. The van der Waals surface area contributed by atoms with Crippen LogP contribution in [-0.2, 0) is 6.54 Å². The summed E-state index contributed by atoms with van der Waals surface area (Å²) in [6.45, 7) is 0.740. The summed E-state index contributed by atoms with van der Waals surface area (Å²) in [5, 5.41) is 7.30. The van der Waals surface area contributed by atoms with Crippen molar-refractivity contribution < 1.29 is 4.52 Å². The lowest BCUT2D eigenvalue weighted by atomic mass is 10.4. The van der Waals surface area contributed by atoms with Gasteiger partial charge in [-0.25, -0.2) is 0 Å². The highest BCUT2D eigenvalue weighted by Crippen LogP contribution is 2.38. The first-order chi connectivity index (χ1) is 6.42. The van der Waals surface area contributed by atoms with Gasteiger partial charge in [0.15, 0.2) is 5.82 Å². The van der Waals surface area contributed by atoms with Gasteiger partial charge in [0.25, 0.3) is 0 Å². The first-order valence-electron chi connectivity index (χ1n) is 4.97. The van der Waals surface area contributed by atoms with Crippen LogP contribution in [0.1, 0.15) is 43.3 Å². The average molecular weight is 179 g/mol. The molecule has 2 fully saturated rings. The molecule has 2 aliphatic carbocycles. The van der Waals surface area contributed by atoms with Crippen LogP contribution in [0.5, 0.6) is 0 Å². The lowest BCUT2D eigenvalue weighted by Crippen LogP contribution is -2.15. The van der Waals surface area contributed by atoms with Crippen LogP contribution in [-0.4, -0.2) is 16.2 Å². The number of nitrogens with one attached hydrogen (secondary N) is 1. The van der Waals surface area contributed by atoms with Crippen LogP contribution in [0.2, 0.25) is 0 Å². The number of rotatable bonds is 4. The van der Waals surface area contributed by atoms with Gasteiger partial charge < -0.3 is 9.84 Å². The summed E-state index contributed by atoms with van der Waals surface area (Å²) in [5.41, 5.74) is 0. The van der Waals surface area contributed by atoms with Gasteiger partial charge in [-0.1, -0.05) is 5.16 Å². The lowest BCUT2D eigenvalue weighted by Gasteiger charge is -1.94. The van der Waals surface area contributed by atoms with Gasteiger partial charge in [0.2, 0.25) is 5.89 Å². The first kappa shape index (κ1) is 7.50. The second-order valence-corrected chi connectivity index (χ2v) is 3.98. The maximum absolute atomic E-state index is 5.12. The highest BCUT2D eigenvalue weighted by Gasteiger charge is 2.29. The molecule has 0 saturated heterocycles. The quantitative estimate of drug-likeness (QED) is 0.754. The van der Waals surface area contributed by atoms with Crippen LogP contribution in [0.25, 0.3) is 0 Å². The lowest BCUT2D eigenvalue weighted by molar-refractivity contribution is 0.362. The van der Waals surface area contributed by atoms with E-state index >= 15 is 0 Å². The fraction of sp³-hybridized carbons (Fsp3) is 0.778. The minimum atomic E-state index is 0.596. The van der Waals surface area contributed by atoms with Crippen LogP contribution in [0, 0.1) is 0 Å². The Bertz CT molecular complexity index is 302. The molecule has 0 aromatic carbocycles. The number of hydrogen-bond donors (Lipinski definition) is 1. The first-order valence-corrected chi connectivity index (χ1v) is 4.97. The van der Waals surface area contributed by atoms with Crippen molar-refractivity contribution >= 4 is 0 Å². The van der Waals surface area contributed by atoms with E-state index in [1.54, 1.807) is 0 Å². The topological polar surface area (TPSA) is 51.0 Å². The Morgan fingerprint density at radius 3 is 2.85 bits per heavy atom. The molecular formula is C9H13N3O. The SMILES string of the molecule is C(NC1CC1)c1nc(C2CC2)no1. The molecule has 4 nitrogen and oxygen atoms in total. The molecule has 0 bridgehead atoms. The van der Waals surface area contributed by atoms with Gasteiger partial charge in [-0.2, -0.15) is 4.98 Å². The van der Waals surface area contributed by atoms with Crippen LogP contribution >= 0.6 is 0 Å². The van der Waals surface area contributed by atoms with Gasteiger partial charge in [0.05, 0.1) is 6.54 Å². The van der Waals surface area contributed by atoms with E-state index in [0.717, 1.165) is 18.3 Å². The molecule has 0 unspecified atom stereocenters. The van der Waals surface area contributed by atoms with Crippen LogP contribution in [0.4, 0.5) is 0 Å². The smallest absolute Gasteiger partial charge is 0.240 e. The molecule has 1 heterocycles. The molecule has 2 aliphatic rings. The molecule has 3 rings (SSSR count). The molecular weight excluding hydrogens is 166 g/mol. The van der Waals surface area contributed by atoms with Crippen molar-refractivity contribution in [2.24, 2.45) is 0 Å². The van der Waals surface area contributed by atoms with Gasteiger partial charge in [0, 0.05) is 12.0 Å². The van der Waals surface area contributed by atoms with Crippen molar-refractivity contribution in [2.45, 2.75) is 44.2 Å². The molecule has 1 aromatic heterocycles. The number of nitrogens with zero attached hydrogens (tertiary/aromatic N) is 2. The molecule has 2 saturated carbocycles. The summed E-state index contributed by atoms with van der Waals surface area (Å²) in [6, 6.07) is 0.705. The summed E-state index contributed by atoms with van der Waals surface area (Å²) in [7, 11) is 0. The summed E-state index contributed by atoms with van der Waals surface area (Å²) in [4.78, 5) is 4.33. The highest BCUT2D eigenvalue weighted by atomic mass is 16.5. The Balaban J connectivity index is 1.59. The Labute approximate surface area is 76.7 Å². The second kappa shape index (κ2) is 2.80. The zero-order valence-corrected chi connectivity index (χ0v) is 7.49. The normalized spacial score (nSPS) is 22.2. The van der Waals surface area contributed by atoms with Gasteiger partial charge in [-0.05, 0) is 25.7 Å². The van der Waals surface area contributed by atoms with Crippen molar-refractivity contribution in [1.29, 1.82) is 0 Å². The van der Waals surface area contributed by atoms with E-state index in [2.05, 4.69) is 15.5 Å². The number of aromatic nitrogens is 2. The standard InChI is InChI=1S/C9H13N3O/c1-2-6(1)9-11-8(13-12-9)5-10-7-3-4-7/h6-7,10H,1-5H2. The monoisotopic (exact) mass is 179 g/mol. The van der Waals surface area contributed by atoms with Crippen molar-refractivity contribution in [3.05, 3.63) is 11.7 Å². The van der Waals surface area contributed by atoms with E-state index in [1.807, 2.05) is 0 Å². The zero-order chi connectivity index (χ0) is 8.67. The minimum absolute atomic E-state index is 0.596. The summed E-state index contributed by atoms with van der Waals surface area (Å²) >= 11 is 0. The van der Waals surface area contributed by atoms with E-state index in [0.29, 0.717) is 12.0 Å². The van der Waals surface area contributed by atoms with E-state index in [1.165, 1.54) is 25.7 Å². The molecule has 0 atom stereocenters. The third-order valence-corrected chi connectivity index (χ3v) is 2.55. The Morgan fingerprint density at radius 2 is 2.15 bits per heavy atom. The van der Waals surface area contributed by atoms with E-state index in [-0.39, 0.29) is 0 Å². The van der Waals surface area contributed by atoms with Crippen LogP contribution in [0.3, 0.4) is 0 Å². The number of hydrogen-bond acceptors (Lipinski definition) is 4. The van der Waals surface area contributed by atoms with Crippen molar-refractivity contribution in [3.63, 3.8) is 0 Å². The predicted octanol–water partition coefficient (Wildman–Crippen LogP) is 1.20. The van der Waals surface area contributed by atoms with E-state index < -0.39 is 0 Å². The molecule has 0 amide bonds. The van der Waals surface area contributed by atoms with E-state index in [4.69, 9.17) is 4.52 Å². The molecule has 0 aliphatic heterocycles. The maximum Gasteiger partial charge on any atom is 0.240 e. The molecule has 0 radical (unpaired) electrons. The minimum Gasteiger partial charge on any atom is -0.338 e. The van der Waals surface area contributed by atoms with Gasteiger partial charge in [-0.3, -0.25) is 0 Å². The Morgan fingerprint density at radius 1 is 1.31 bits per heavy atom. The predicted molar refractivity (Wildman–Crippen MR) is 46.1 cm³/mol. The molecule has 0 spiro atoms. The molecule has 13 heavy (non-hydrogen) atoms. The maximum atomic E-state index is 5.12. The third kappa shape index (κ3) is 1.72. The fourth-order valence-corrected chi connectivity index (χ4v) is 1.37. The Kier molecular flexibility index (Phi) is 1.62. The third-order valence-electron chi connectivity index (χ3n) is 2.55. The summed E-state index contributed by atoms with van der Waals surface area (Å²) in [6.07, 6.45) is 5.05. The second-order valence-electron chi connectivity index (χ2n) is 3.98. The summed E-state index contributed by atoms with van der Waals surface area (Å²) < 4.78 is 5.12. The summed E-state index contributed by atoms with van der Waals surface area (Å²) in [5.74, 6) is 2.25. The van der Waals surface area contributed by atoms with Gasteiger partial charge in [-0.15, -0.1) is 0 Å². The fourth-order valence-electron chi connectivity index (χ4n) is 1.37. The van der Waals surface area contributed by atoms with Crippen LogP contribution in [0.15, 0.2) is 4.52 Å². The average Bonchev–Trinajstić information content (AvgIpc) is 3.03. The molecule has 1 aromatic rings. The molecule has 70 valence electrons. The van der Waals surface area contributed by atoms with Crippen molar-refractivity contribution in [2.75, 3.05) is 0 Å². The van der Waals surface area contributed by atoms with Crippen LogP contribution < -0.4 is 5.32 Å². The zero-order valence-electron chi connectivity index (χ0n) is 7.49. The molecule has 4 heteroatoms. The van der Waals surface area contributed by atoms with Crippen molar-refractivity contribution in [1.82, 2.24) is 15.5 Å². The van der Waals surface area contributed by atoms with E-state index in [9.17, 15) is 0 Å².